The van der Waals surface area contributed by atoms with E-state index in [4.69, 9.17) is 9.72 Å². The highest BCUT2D eigenvalue weighted by Gasteiger charge is 2.41. The number of carboxylic acid groups (broad SMARTS) is 1. The van der Waals surface area contributed by atoms with Crippen LogP contribution in [0.5, 0.6) is 5.88 Å². The molecule has 6 rings (SSSR count). The Balaban J connectivity index is 0.00000188. The summed E-state index contributed by atoms with van der Waals surface area (Å²) in [5.41, 5.74) is 4.00. The number of carboxylic acids is 1. The van der Waals surface area contributed by atoms with E-state index < -0.39 is 11.8 Å². The molecule has 228 valence electrons. The molecular formula is C35H36F2N4O3. The second-order valence-corrected chi connectivity index (χ2v) is 11.0. The fourth-order valence-corrected chi connectivity index (χ4v) is 5.20. The highest BCUT2D eigenvalue weighted by molar-refractivity contribution is 5.88. The van der Waals surface area contributed by atoms with Crippen molar-refractivity contribution in [3.8, 4) is 17.1 Å². The van der Waals surface area contributed by atoms with Crippen LogP contribution < -0.4 is 4.74 Å². The number of carbonyl (C=O) groups is 1. The molecular weight excluding hydrogens is 562 g/mol. The van der Waals surface area contributed by atoms with Crippen LogP contribution in [0.25, 0.3) is 22.4 Å². The van der Waals surface area contributed by atoms with E-state index in [1.165, 1.54) is 18.2 Å². The number of aryl methyl sites for hydroxylation is 1. The van der Waals surface area contributed by atoms with Gasteiger partial charge in [-0.05, 0) is 73.1 Å². The third kappa shape index (κ3) is 6.61. The SMILES string of the molecule is CC.CCC1(Cn2c(Cc3ccc(-c4cccc(OCc5ccc(C)cc5F)n4)cc3F)nc3ccc(C(=O)O)nc32)CC1. The Hall–Kier alpha value is -4.66. The highest BCUT2D eigenvalue weighted by atomic mass is 19.1. The maximum Gasteiger partial charge on any atom is 0.354 e. The van der Waals surface area contributed by atoms with Gasteiger partial charge < -0.3 is 14.4 Å². The van der Waals surface area contributed by atoms with Crippen molar-refractivity contribution in [1.29, 1.82) is 0 Å². The second-order valence-electron chi connectivity index (χ2n) is 11.0. The lowest BCUT2D eigenvalue weighted by atomic mass is 10.0. The van der Waals surface area contributed by atoms with Crippen molar-refractivity contribution in [2.45, 2.75) is 66.5 Å². The molecule has 3 heterocycles. The molecule has 3 aromatic heterocycles. The fraction of sp³-hybridized carbons (Fsp3) is 0.314. The fourth-order valence-electron chi connectivity index (χ4n) is 5.20. The van der Waals surface area contributed by atoms with Crippen molar-refractivity contribution >= 4 is 17.1 Å². The molecule has 9 heteroatoms. The molecule has 0 aliphatic heterocycles. The summed E-state index contributed by atoms with van der Waals surface area (Å²) in [7, 11) is 0. The van der Waals surface area contributed by atoms with E-state index in [1.807, 2.05) is 31.4 Å². The molecule has 0 radical (unpaired) electrons. The summed E-state index contributed by atoms with van der Waals surface area (Å²) in [5, 5.41) is 9.47. The van der Waals surface area contributed by atoms with Gasteiger partial charge in [-0.2, -0.15) is 0 Å². The van der Waals surface area contributed by atoms with Gasteiger partial charge in [0, 0.05) is 30.2 Å². The van der Waals surface area contributed by atoms with Gasteiger partial charge in [-0.25, -0.2) is 28.5 Å². The van der Waals surface area contributed by atoms with Crippen molar-refractivity contribution in [2.24, 2.45) is 5.41 Å². The molecule has 5 aromatic rings. The molecule has 1 aliphatic carbocycles. The smallest absolute Gasteiger partial charge is 0.354 e. The van der Waals surface area contributed by atoms with Gasteiger partial charge in [0.15, 0.2) is 11.3 Å². The number of pyridine rings is 2. The average Bonchev–Trinajstić information content (AvgIpc) is 3.73. The molecule has 1 aliphatic rings. The molecule has 0 amide bonds. The summed E-state index contributed by atoms with van der Waals surface area (Å²) in [6, 6.07) is 18.2. The van der Waals surface area contributed by atoms with Crippen LogP contribution in [-0.4, -0.2) is 30.6 Å². The molecule has 7 nitrogen and oxygen atoms in total. The minimum Gasteiger partial charge on any atom is -0.477 e. The second kappa shape index (κ2) is 12.9. The number of benzene rings is 2. The summed E-state index contributed by atoms with van der Waals surface area (Å²) in [4.78, 5) is 25.2. The predicted molar refractivity (Wildman–Crippen MR) is 166 cm³/mol. The number of rotatable bonds is 10. The normalized spacial score (nSPS) is 13.3. The van der Waals surface area contributed by atoms with Crippen molar-refractivity contribution in [2.75, 3.05) is 0 Å². The number of aromatic nitrogens is 4. The van der Waals surface area contributed by atoms with Crippen LogP contribution in [0.15, 0.2) is 66.7 Å². The molecule has 1 fully saturated rings. The third-order valence-electron chi connectivity index (χ3n) is 8.10. The van der Waals surface area contributed by atoms with Crippen molar-refractivity contribution in [3.05, 3.63) is 107 Å². The van der Waals surface area contributed by atoms with Crippen LogP contribution in [0, 0.1) is 24.0 Å². The number of hydrogen-bond donors (Lipinski definition) is 1. The number of imidazole rings is 1. The summed E-state index contributed by atoms with van der Waals surface area (Å²) in [6.45, 7) is 8.66. The summed E-state index contributed by atoms with van der Waals surface area (Å²) < 4.78 is 37.4. The van der Waals surface area contributed by atoms with Crippen molar-refractivity contribution < 1.29 is 23.4 Å². The number of aromatic carboxylic acids is 1. The Labute approximate surface area is 255 Å². The maximum absolute atomic E-state index is 15.5. The van der Waals surface area contributed by atoms with Crippen molar-refractivity contribution in [1.82, 2.24) is 19.5 Å². The van der Waals surface area contributed by atoms with Crippen LogP contribution in [0.4, 0.5) is 8.78 Å². The summed E-state index contributed by atoms with van der Waals surface area (Å²) in [6.07, 6.45) is 3.38. The van der Waals surface area contributed by atoms with Gasteiger partial charge in [0.25, 0.3) is 0 Å². The minimum absolute atomic E-state index is 0.0268. The summed E-state index contributed by atoms with van der Waals surface area (Å²) >= 11 is 0. The number of ether oxygens (including phenoxy) is 1. The van der Waals surface area contributed by atoms with Gasteiger partial charge in [-0.1, -0.05) is 51.1 Å². The number of fused-ring (bicyclic) bond motifs is 1. The lowest BCUT2D eigenvalue weighted by Crippen LogP contribution is -2.15. The number of nitrogens with zero attached hydrogens (tertiary/aromatic N) is 4. The molecule has 2 aromatic carbocycles. The predicted octanol–water partition coefficient (Wildman–Crippen LogP) is 8.16. The molecule has 0 saturated heterocycles. The standard InChI is InChI=1S/C33H30F2N4O3.C2H6/c1-3-33(13-14-33)19-39-29(36-27-11-12-28(32(40)41)38-31(27)39)17-21-9-10-22(16-25(21)35)26-5-4-6-30(37-26)42-18-23-8-7-20(2)15-24(23)34;1-2/h4-12,15-16H,3,13-14,17-19H2,1-2H3,(H,40,41);1-2H3. The lowest BCUT2D eigenvalue weighted by Gasteiger charge is -2.16. The van der Waals surface area contributed by atoms with Gasteiger partial charge >= 0.3 is 5.97 Å². The Morgan fingerprint density at radius 3 is 2.39 bits per heavy atom. The first-order valence-electron chi connectivity index (χ1n) is 15.0. The molecule has 0 bridgehead atoms. The van der Waals surface area contributed by atoms with Crippen LogP contribution >= 0.6 is 0 Å². The monoisotopic (exact) mass is 598 g/mol. The minimum atomic E-state index is -1.10. The summed E-state index contributed by atoms with van der Waals surface area (Å²) in [5.74, 6) is -0.892. The molecule has 1 saturated carbocycles. The van der Waals surface area contributed by atoms with Crippen LogP contribution in [0.1, 0.15) is 73.0 Å². The number of hydrogen-bond acceptors (Lipinski definition) is 5. The first-order chi connectivity index (χ1) is 21.2. The van der Waals surface area contributed by atoms with E-state index in [2.05, 4.69) is 16.9 Å². The maximum atomic E-state index is 15.5. The van der Waals surface area contributed by atoms with Gasteiger partial charge in [-0.3, -0.25) is 0 Å². The Morgan fingerprint density at radius 1 is 0.955 bits per heavy atom. The van der Waals surface area contributed by atoms with Gasteiger partial charge in [0.2, 0.25) is 5.88 Å². The first-order valence-corrected chi connectivity index (χ1v) is 15.0. The first kappa shape index (κ1) is 30.8. The Morgan fingerprint density at radius 2 is 1.70 bits per heavy atom. The highest BCUT2D eigenvalue weighted by Crippen LogP contribution is 2.50. The number of halogens is 2. The van der Waals surface area contributed by atoms with E-state index in [0.29, 0.717) is 51.8 Å². The van der Waals surface area contributed by atoms with Gasteiger partial charge in [0.1, 0.15) is 29.6 Å². The topological polar surface area (TPSA) is 90.1 Å². The van der Waals surface area contributed by atoms with Crippen molar-refractivity contribution in [3.63, 3.8) is 0 Å². The molecule has 44 heavy (non-hydrogen) atoms. The van der Waals surface area contributed by atoms with Crippen LogP contribution in [0.2, 0.25) is 0 Å². The zero-order chi connectivity index (χ0) is 31.4. The molecule has 0 spiro atoms. The van der Waals surface area contributed by atoms with E-state index in [9.17, 15) is 14.3 Å². The van der Waals surface area contributed by atoms with Gasteiger partial charge in [-0.15, -0.1) is 0 Å². The molecule has 0 unspecified atom stereocenters. The van der Waals surface area contributed by atoms with E-state index >= 15 is 4.39 Å². The van der Waals surface area contributed by atoms with Crippen LogP contribution in [0.3, 0.4) is 0 Å². The van der Waals surface area contributed by atoms with E-state index in [-0.39, 0.29) is 30.0 Å². The van der Waals surface area contributed by atoms with Gasteiger partial charge in [0.05, 0.1) is 5.69 Å². The quantitative estimate of drug-likeness (QED) is 0.174. The lowest BCUT2D eigenvalue weighted by molar-refractivity contribution is 0.0691. The van der Waals surface area contributed by atoms with E-state index in [1.54, 1.807) is 42.5 Å². The Bertz CT molecular complexity index is 1810. The third-order valence-corrected chi connectivity index (χ3v) is 8.10. The molecule has 0 atom stereocenters. The zero-order valence-electron chi connectivity index (χ0n) is 25.4. The van der Waals surface area contributed by atoms with E-state index in [0.717, 1.165) is 24.8 Å². The Kier molecular flexibility index (Phi) is 9.04. The largest absolute Gasteiger partial charge is 0.477 e. The molecule has 1 N–H and O–H groups in total. The van der Waals surface area contributed by atoms with Crippen LogP contribution in [-0.2, 0) is 19.6 Å². The zero-order valence-corrected chi connectivity index (χ0v) is 25.4. The average molecular weight is 599 g/mol.